The summed E-state index contributed by atoms with van der Waals surface area (Å²) in [6, 6.07) is 0. The first-order valence-electron chi connectivity index (χ1n) is 13.6. The van der Waals surface area contributed by atoms with Gasteiger partial charge in [-0.3, -0.25) is 0 Å². The summed E-state index contributed by atoms with van der Waals surface area (Å²) in [6.07, 6.45) is 14.6. The van der Waals surface area contributed by atoms with Crippen LogP contribution in [0.1, 0.15) is 106 Å². The molecule has 6 aliphatic rings. The molecule has 0 aromatic carbocycles. The van der Waals surface area contributed by atoms with Gasteiger partial charge in [-0.1, -0.05) is 89.9 Å². The Bertz CT molecular complexity index is 620. The van der Waals surface area contributed by atoms with Crippen LogP contribution in [0.15, 0.2) is 0 Å². The van der Waals surface area contributed by atoms with E-state index in [1.807, 2.05) is 0 Å². The monoisotopic (exact) mass is 474 g/mol. The van der Waals surface area contributed by atoms with Crippen LogP contribution in [0.2, 0.25) is 0 Å². The summed E-state index contributed by atoms with van der Waals surface area (Å²) >= 11 is 0. The smallest absolute Gasteiger partial charge is 0.339 e. The number of hydrogen-bond donors (Lipinski definition) is 0. The van der Waals surface area contributed by atoms with E-state index in [0.717, 1.165) is 47.3 Å². The fourth-order valence-electron chi connectivity index (χ4n) is 11.1. The van der Waals surface area contributed by atoms with Crippen LogP contribution < -0.4 is 0 Å². The molecule has 31 heavy (non-hydrogen) atoms. The molecule has 6 aliphatic carbocycles. The summed E-state index contributed by atoms with van der Waals surface area (Å²) < 4.78 is 0. The molecule has 0 nitrogen and oxygen atoms in total. The third-order valence-electron chi connectivity index (χ3n) is 12.7. The molecule has 0 spiro atoms. The minimum absolute atomic E-state index is 0. The van der Waals surface area contributed by atoms with E-state index >= 15 is 0 Å². The van der Waals surface area contributed by atoms with Gasteiger partial charge in [0.15, 0.2) is 0 Å². The van der Waals surface area contributed by atoms with E-state index in [4.69, 9.17) is 0 Å². The second-order valence-electron chi connectivity index (χ2n) is 14.7. The Morgan fingerprint density at radius 3 is 1.26 bits per heavy atom. The molecule has 10 atom stereocenters. The largest absolute Gasteiger partial charge is 2.00 e. The minimum Gasteiger partial charge on any atom is -0.339 e. The van der Waals surface area contributed by atoms with Crippen molar-refractivity contribution in [2.24, 2.45) is 69.0 Å². The summed E-state index contributed by atoms with van der Waals surface area (Å²) in [5, 5.41) is 0. The van der Waals surface area contributed by atoms with Gasteiger partial charge in [-0.25, -0.2) is 0 Å². The van der Waals surface area contributed by atoms with Crippen LogP contribution in [0.5, 0.6) is 0 Å². The fourth-order valence-corrected chi connectivity index (χ4v) is 11.1. The zero-order valence-electron chi connectivity index (χ0n) is 21.8. The average molecular weight is 476 g/mol. The maximum Gasteiger partial charge on any atom is 2.00 e. The maximum absolute atomic E-state index is 4.54. The van der Waals surface area contributed by atoms with Crippen LogP contribution in [-0.2, 0) is 19.5 Å². The van der Waals surface area contributed by atoms with E-state index in [9.17, 15) is 0 Å². The van der Waals surface area contributed by atoms with Gasteiger partial charge in [-0.05, 0) is 73.0 Å². The molecular formula is C30H50Zn. The molecular weight excluding hydrogens is 426 g/mol. The van der Waals surface area contributed by atoms with E-state index in [1.165, 1.54) is 64.2 Å². The molecule has 6 saturated carbocycles. The quantitative estimate of drug-likeness (QED) is 0.243. The Morgan fingerprint density at radius 2 is 0.903 bits per heavy atom. The van der Waals surface area contributed by atoms with Gasteiger partial charge in [0.2, 0.25) is 0 Å². The summed E-state index contributed by atoms with van der Waals surface area (Å²) in [5.41, 5.74) is 2.38. The Hall–Kier alpha value is 0.623. The molecule has 6 fully saturated rings. The summed E-state index contributed by atoms with van der Waals surface area (Å²) in [4.78, 5) is 0. The Kier molecular flexibility index (Phi) is 6.24. The van der Waals surface area contributed by atoms with Crippen molar-refractivity contribution in [3.63, 3.8) is 0 Å². The van der Waals surface area contributed by atoms with Crippen molar-refractivity contribution in [3.8, 4) is 0 Å². The number of rotatable bonds is 0. The third-order valence-corrected chi connectivity index (χ3v) is 12.7. The van der Waals surface area contributed by atoms with Gasteiger partial charge in [0, 0.05) is 0 Å². The van der Waals surface area contributed by atoms with Gasteiger partial charge in [0.05, 0.1) is 0 Å². The van der Waals surface area contributed by atoms with Crippen molar-refractivity contribution in [1.29, 1.82) is 0 Å². The standard InChI is InChI=1S/2C15H25.Zn/c2*1-10-11-6-7-12-13(11)14(2,3)8-5-9-15(10,12)4;/h2*10-13H,1,5-9H2,2-4H3;/q2*-1;+2/t2*10-,11-,12-,13-,15-;/m11./s1. The van der Waals surface area contributed by atoms with Gasteiger partial charge < -0.3 is 13.8 Å². The van der Waals surface area contributed by atoms with Crippen molar-refractivity contribution in [2.75, 3.05) is 0 Å². The average Bonchev–Trinajstić information content (AvgIpc) is 3.35. The second-order valence-corrected chi connectivity index (χ2v) is 14.7. The molecule has 0 unspecified atom stereocenters. The molecule has 172 valence electrons. The predicted molar refractivity (Wildman–Crippen MR) is 129 cm³/mol. The topological polar surface area (TPSA) is 0 Å². The SMILES string of the molecule is [CH2-][C@@H]1[C@H]2CC[C@@H]3[C@@H]2C(C)(C)CCC[C@]13C.[CH2-][C@@H]1[C@H]2CC[C@@H]3[C@@H]2C(C)(C)CCC[C@]13C.[Zn+2]. The van der Waals surface area contributed by atoms with Gasteiger partial charge >= 0.3 is 19.5 Å². The molecule has 8 bridgehead atoms. The van der Waals surface area contributed by atoms with Crippen molar-refractivity contribution in [3.05, 3.63) is 13.8 Å². The van der Waals surface area contributed by atoms with E-state index in [0.29, 0.717) is 21.7 Å². The van der Waals surface area contributed by atoms with Crippen LogP contribution >= 0.6 is 0 Å². The Morgan fingerprint density at radius 1 is 0.548 bits per heavy atom. The van der Waals surface area contributed by atoms with Crippen LogP contribution in [0.25, 0.3) is 0 Å². The summed E-state index contributed by atoms with van der Waals surface area (Å²) in [5.74, 6) is 7.40. The maximum atomic E-state index is 4.54. The van der Waals surface area contributed by atoms with E-state index in [2.05, 4.69) is 55.4 Å². The van der Waals surface area contributed by atoms with Crippen LogP contribution in [-0.4, -0.2) is 0 Å². The minimum atomic E-state index is 0. The zero-order valence-corrected chi connectivity index (χ0v) is 24.8. The fraction of sp³-hybridized carbons (Fsp3) is 0.933. The molecule has 6 rings (SSSR count). The Labute approximate surface area is 207 Å². The first kappa shape index (κ1) is 24.7. The number of hydrogen-bond acceptors (Lipinski definition) is 0. The summed E-state index contributed by atoms with van der Waals surface area (Å²) in [7, 11) is 0. The van der Waals surface area contributed by atoms with Gasteiger partial charge in [-0.2, -0.15) is 11.8 Å². The summed E-state index contributed by atoms with van der Waals surface area (Å²) in [6.45, 7) is 24.3. The van der Waals surface area contributed by atoms with Gasteiger partial charge in [-0.15, -0.1) is 0 Å². The molecule has 0 saturated heterocycles. The van der Waals surface area contributed by atoms with Crippen molar-refractivity contribution in [2.45, 2.75) is 106 Å². The normalized spacial score (nSPS) is 55.0. The molecule has 0 radical (unpaired) electrons. The second kappa shape index (κ2) is 7.82. The predicted octanol–water partition coefficient (Wildman–Crippen LogP) is 8.62. The van der Waals surface area contributed by atoms with E-state index < -0.39 is 0 Å². The molecule has 0 N–H and O–H groups in total. The van der Waals surface area contributed by atoms with Gasteiger partial charge in [0.25, 0.3) is 0 Å². The molecule has 0 aromatic rings. The van der Waals surface area contributed by atoms with Gasteiger partial charge in [0.1, 0.15) is 0 Å². The van der Waals surface area contributed by atoms with Crippen molar-refractivity contribution < 1.29 is 19.5 Å². The molecule has 0 amide bonds. The van der Waals surface area contributed by atoms with Crippen LogP contribution in [0, 0.1) is 82.9 Å². The zero-order chi connectivity index (χ0) is 21.7. The third kappa shape index (κ3) is 3.34. The first-order chi connectivity index (χ1) is 13.9. The molecule has 0 aromatic heterocycles. The first-order valence-corrected chi connectivity index (χ1v) is 13.6. The van der Waals surface area contributed by atoms with Crippen molar-refractivity contribution >= 4 is 0 Å². The molecule has 0 heterocycles. The van der Waals surface area contributed by atoms with E-state index in [1.54, 1.807) is 0 Å². The molecule has 0 aliphatic heterocycles. The van der Waals surface area contributed by atoms with Crippen LogP contribution in [0.4, 0.5) is 0 Å². The Balaban J connectivity index is 0.000000144. The van der Waals surface area contributed by atoms with Crippen molar-refractivity contribution in [1.82, 2.24) is 0 Å². The molecule has 1 heteroatoms. The van der Waals surface area contributed by atoms with Crippen LogP contribution in [0.3, 0.4) is 0 Å². The van der Waals surface area contributed by atoms with E-state index in [-0.39, 0.29) is 19.5 Å².